The number of nitrogens with zero attached hydrogens (tertiary/aromatic N) is 2. The van der Waals surface area contributed by atoms with Crippen LogP contribution in [0.15, 0.2) is 12.4 Å². The molecular weight excluding hydrogens is 190 g/mol. The molecule has 0 radical (unpaired) electrons. The lowest BCUT2D eigenvalue weighted by atomic mass is 9.79. The SMILES string of the molecule is CNC1CCC(O)(c2cnn(C)c2)CC1. The Morgan fingerprint density at radius 3 is 2.67 bits per heavy atom. The Morgan fingerprint density at radius 2 is 2.20 bits per heavy atom. The van der Waals surface area contributed by atoms with Crippen LogP contribution in [-0.4, -0.2) is 28.0 Å². The van der Waals surface area contributed by atoms with Crippen molar-refractivity contribution in [2.24, 2.45) is 7.05 Å². The quantitative estimate of drug-likeness (QED) is 0.756. The molecule has 0 atom stereocenters. The molecule has 1 aromatic rings. The Labute approximate surface area is 90.3 Å². The van der Waals surface area contributed by atoms with E-state index in [1.54, 1.807) is 10.9 Å². The number of hydrogen-bond acceptors (Lipinski definition) is 3. The average molecular weight is 209 g/mol. The summed E-state index contributed by atoms with van der Waals surface area (Å²) in [7, 11) is 3.87. The molecule has 4 heteroatoms. The number of nitrogens with one attached hydrogen (secondary N) is 1. The van der Waals surface area contributed by atoms with Crippen LogP contribution in [-0.2, 0) is 12.6 Å². The lowest BCUT2D eigenvalue weighted by Crippen LogP contribution is -2.38. The highest BCUT2D eigenvalue weighted by atomic mass is 16.3. The Kier molecular flexibility index (Phi) is 2.80. The van der Waals surface area contributed by atoms with E-state index in [1.165, 1.54) is 0 Å². The van der Waals surface area contributed by atoms with E-state index in [-0.39, 0.29) is 0 Å². The van der Waals surface area contributed by atoms with Gasteiger partial charge >= 0.3 is 0 Å². The zero-order valence-corrected chi connectivity index (χ0v) is 9.40. The molecule has 0 bridgehead atoms. The molecule has 15 heavy (non-hydrogen) atoms. The minimum atomic E-state index is -0.651. The second kappa shape index (κ2) is 3.94. The first-order valence-electron chi connectivity index (χ1n) is 5.53. The standard InChI is InChI=1S/C11H19N3O/c1-12-10-3-5-11(15,6-4-10)9-7-13-14(2)8-9/h7-8,10,12,15H,3-6H2,1-2H3. The van der Waals surface area contributed by atoms with Crippen molar-refractivity contribution in [2.75, 3.05) is 7.05 Å². The molecule has 0 unspecified atom stereocenters. The molecule has 1 heterocycles. The van der Waals surface area contributed by atoms with Crippen molar-refractivity contribution >= 4 is 0 Å². The van der Waals surface area contributed by atoms with Gasteiger partial charge < -0.3 is 10.4 Å². The fourth-order valence-corrected chi connectivity index (χ4v) is 2.33. The second-order valence-electron chi connectivity index (χ2n) is 4.50. The molecule has 0 saturated heterocycles. The summed E-state index contributed by atoms with van der Waals surface area (Å²) >= 11 is 0. The molecule has 1 saturated carbocycles. The molecule has 4 nitrogen and oxygen atoms in total. The van der Waals surface area contributed by atoms with E-state index in [9.17, 15) is 5.11 Å². The van der Waals surface area contributed by atoms with Gasteiger partial charge in [-0.3, -0.25) is 4.68 Å². The lowest BCUT2D eigenvalue weighted by molar-refractivity contribution is -0.00768. The van der Waals surface area contributed by atoms with Gasteiger partial charge in [0.15, 0.2) is 0 Å². The molecule has 84 valence electrons. The van der Waals surface area contributed by atoms with Crippen LogP contribution in [0.4, 0.5) is 0 Å². The first-order valence-corrected chi connectivity index (χ1v) is 5.53. The van der Waals surface area contributed by atoms with Gasteiger partial charge in [-0.1, -0.05) is 0 Å². The fraction of sp³-hybridized carbons (Fsp3) is 0.727. The molecule has 1 aliphatic rings. The summed E-state index contributed by atoms with van der Waals surface area (Å²) in [5, 5.41) is 17.9. The minimum absolute atomic E-state index is 0.557. The number of rotatable bonds is 2. The summed E-state index contributed by atoms with van der Waals surface area (Å²) in [5.74, 6) is 0. The zero-order valence-electron chi connectivity index (χ0n) is 9.40. The molecule has 0 amide bonds. The highest BCUT2D eigenvalue weighted by molar-refractivity contribution is 5.16. The van der Waals surface area contributed by atoms with E-state index < -0.39 is 5.60 Å². The van der Waals surface area contributed by atoms with Crippen LogP contribution < -0.4 is 5.32 Å². The van der Waals surface area contributed by atoms with Gasteiger partial charge in [0, 0.05) is 24.8 Å². The van der Waals surface area contributed by atoms with Crippen molar-refractivity contribution in [3.05, 3.63) is 18.0 Å². The summed E-state index contributed by atoms with van der Waals surface area (Å²) in [4.78, 5) is 0. The topological polar surface area (TPSA) is 50.1 Å². The minimum Gasteiger partial charge on any atom is -0.385 e. The van der Waals surface area contributed by atoms with Gasteiger partial charge in [0.2, 0.25) is 0 Å². The molecule has 0 spiro atoms. The molecule has 0 aromatic carbocycles. The maximum atomic E-state index is 10.5. The van der Waals surface area contributed by atoms with E-state index in [0.29, 0.717) is 6.04 Å². The van der Waals surface area contributed by atoms with Gasteiger partial charge in [0.1, 0.15) is 0 Å². The Balaban J connectivity index is 2.09. The normalized spacial score (nSPS) is 31.8. The lowest BCUT2D eigenvalue weighted by Gasteiger charge is -2.35. The molecule has 2 rings (SSSR count). The van der Waals surface area contributed by atoms with Crippen molar-refractivity contribution in [1.29, 1.82) is 0 Å². The second-order valence-corrected chi connectivity index (χ2v) is 4.50. The van der Waals surface area contributed by atoms with Crippen LogP contribution in [0.1, 0.15) is 31.2 Å². The van der Waals surface area contributed by atoms with Crippen LogP contribution in [0.3, 0.4) is 0 Å². The van der Waals surface area contributed by atoms with Crippen LogP contribution in [0.5, 0.6) is 0 Å². The molecule has 0 aliphatic heterocycles. The molecule has 1 fully saturated rings. The first-order chi connectivity index (χ1) is 7.14. The summed E-state index contributed by atoms with van der Waals surface area (Å²) < 4.78 is 1.75. The third-order valence-corrected chi connectivity index (χ3v) is 3.46. The van der Waals surface area contributed by atoms with Gasteiger partial charge in [-0.05, 0) is 32.7 Å². The van der Waals surface area contributed by atoms with E-state index in [2.05, 4.69) is 10.4 Å². The van der Waals surface area contributed by atoms with Crippen LogP contribution >= 0.6 is 0 Å². The average Bonchev–Trinajstić information content (AvgIpc) is 2.67. The number of hydrogen-bond donors (Lipinski definition) is 2. The van der Waals surface area contributed by atoms with Gasteiger partial charge in [0.05, 0.1) is 11.8 Å². The molecule has 1 aliphatic carbocycles. The highest BCUT2D eigenvalue weighted by Gasteiger charge is 2.35. The monoisotopic (exact) mass is 209 g/mol. The third kappa shape index (κ3) is 2.06. The largest absolute Gasteiger partial charge is 0.385 e. The van der Waals surface area contributed by atoms with Crippen LogP contribution in [0.2, 0.25) is 0 Å². The Morgan fingerprint density at radius 1 is 1.53 bits per heavy atom. The van der Waals surface area contributed by atoms with E-state index >= 15 is 0 Å². The van der Waals surface area contributed by atoms with Crippen LogP contribution in [0, 0.1) is 0 Å². The zero-order chi connectivity index (χ0) is 10.9. The first kappa shape index (κ1) is 10.6. The van der Waals surface area contributed by atoms with E-state index in [4.69, 9.17) is 0 Å². The highest BCUT2D eigenvalue weighted by Crippen LogP contribution is 2.36. The van der Waals surface area contributed by atoms with E-state index in [1.807, 2.05) is 20.3 Å². The Hall–Kier alpha value is -0.870. The summed E-state index contributed by atoms with van der Waals surface area (Å²) in [5.41, 5.74) is 0.307. The van der Waals surface area contributed by atoms with Gasteiger partial charge in [0.25, 0.3) is 0 Å². The van der Waals surface area contributed by atoms with Crippen molar-refractivity contribution in [2.45, 2.75) is 37.3 Å². The number of aromatic nitrogens is 2. The van der Waals surface area contributed by atoms with Crippen molar-refractivity contribution in [1.82, 2.24) is 15.1 Å². The Bertz CT molecular complexity index is 326. The molecular formula is C11H19N3O. The van der Waals surface area contributed by atoms with E-state index in [0.717, 1.165) is 31.2 Å². The smallest absolute Gasteiger partial charge is 0.0928 e. The maximum absolute atomic E-state index is 10.5. The van der Waals surface area contributed by atoms with Gasteiger partial charge in [-0.15, -0.1) is 0 Å². The predicted octanol–water partition coefficient (Wildman–Crippen LogP) is 0.770. The third-order valence-electron chi connectivity index (χ3n) is 3.46. The number of aryl methyl sites for hydroxylation is 1. The summed E-state index contributed by atoms with van der Waals surface area (Å²) in [6.45, 7) is 0. The molecule has 1 aromatic heterocycles. The molecule has 2 N–H and O–H groups in total. The van der Waals surface area contributed by atoms with Gasteiger partial charge in [-0.25, -0.2) is 0 Å². The van der Waals surface area contributed by atoms with Crippen molar-refractivity contribution < 1.29 is 5.11 Å². The summed E-state index contributed by atoms with van der Waals surface area (Å²) in [6.07, 6.45) is 7.40. The number of aliphatic hydroxyl groups is 1. The van der Waals surface area contributed by atoms with Crippen molar-refractivity contribution in [3.63, 3.8) is 0 Å². The van der Waals surface area contributed by atoms with Crippen molar-refractivity contribution in [3.8, 4) is 0 Å². The predicted molar refractivity (Wildman–Crippen MR) is 58.4 cm³/mol. The fourth-order valence-electron chi connectivity index (χ4n) is 2.33. The summed E-state index contributed by atoms with van der Waals surface area (Å²) in [6, 6.07) is 0.557. The van der Waals surface area contributed by atoms with Crippen LogP contribution in [0.25, 0.3) is 0 Å². The van der Waals surface area contributed by atoms with Gasteiger partial charge in [-0.2, -0.15) is 5.10 Å². The maximum Gasteiger partial charge on any atom is 0.0928 e.